The zero-order valence-electron chi connectivity index (χ0n) is 11.6. The van der Waals surface area contributed by atoms with Gasteiger partial charge in [-0.05, 0) is 53.4 Å². The summed E-state index contributed by atoms with van der Waals surface area (Å²) in [4.78, 5) is 0. The number of benzene rings is 2. The summed E-state index contributed by atoms with van der Waals surface area (Å²) >= 11 is 3.30. The molecule has 3 N–H and O–H groups in total. The van der Waals surface area contributed by atoms with Gasteiger partial charge in [-0.3, -0.25) is 11.3 Å². The number of rotatable bonds is 4. The predicted molar refractivity (Wildman–Crippen MR) is 83.8 cm³/mol. The molecule has 0 fully saturated rings. The second-order valence-corrected chi connectivity index (χ2v) is 5.85. The highest BCUT2D eigenvalue weighted by Gasteiger charge is 2.14. The van der Waals surface area contributed by atoms with E-state index >= 15 is 0 Å². The quantitative estimate of drug-likeness (QED) is 0.655. The van der Waals surface area contributed by atoms with Gasteiger partial charge in [-0.1, -0.05) is 41.5 Å². The average molecular weight is 337 g/mol. The molecular weight excluding hydrogens is 319 g/mol. The fourth-order valence-corrected chi connectivity index (χ4v) is 2.84. The topological polar surface area (TPSA) is 38.0 Å². The maximum absolute atomic E-state index is 13.6. The number of nitrogens with one attached hydrogen (secondary N) is 1. The van der Waals surface area contributed by atoms with Gasteiger partial charge in [0.1, 0.15) is 5.82 Å². The van der Waals surface area contributed by atoms with Crippen molar-refractivity contribution in [2.24, 2.45) is 5.84 Å². The number of halogens is 2. The summed E-state index contributed by atoms with van der Waals surface area (Å²) in [6, 6.07) is 11.3. The highest BCUT2D eigenvalue weighted by molar-refractivity contribution is 9.10. The molecule has 1 unspecified atom stereocenters. The number of hydrazine groups is 1. The molecule has 2 aromatic rings. The lowest BCUT2D eigenvalue weighted by Crippen LogP contribution is -2.29. The minimum absolute atomic E-state index is 0.0494. The number of hydrogen-bond acceptors (Lipinski definition) is 2. The van der Waals surface area contributed by atoms with Crippen LogP contribution in [0.3, 0.4) is 0 Å². The molecule has 0 spiro atoms. The lowest BCUT2D eigenvalue weighted by atomic mass is 9.96. The third kappa shape index (κ3) is 3.45. The lowest BCUT2D eigenvalue weighted by molar-refractivity contribution is 0.546. The molecule has 4 heteroatoms. The van der Waals surface area contributed by atoms with E-state index in [1.165, 1.54) is 17.2 Å². The first-order chi connectivity index (χ1) is 9.51. The van der Waals surface area contributed by atoms with E-state index in [-0.39, 0.29) is 11.9 Å². The van der Waals surface area contributed by atoms with Crippen LogP contribution in [0.2, 0.25) is 0 Å². The van der Waals surface area contributed by atoms with Crippen LogP contribution in [0.5, 0.6) is 0 Å². The monoisotopic (exact) mass is 336 g/mol. The van der Waals surface area contributed by atoms with Gasteiger partial charge in [0.15, 0.2) is 0 Å². The van der Waals surface area contributed by atoms with Gasteiger partial charge in [0.2, 0.25) is 0 Å². The molecular formula is C16H18BrFN2. The molecule has 0 heterocycles. The fraction of sp³-hybridized carbons (Fsp3) is 0.250. The Morgan fingerprint density at radius 3 is 2.45 bits per heavy atom. The van der Waals surface area contributed by atoms with Gasteiger partial charge in [0.25, 0.3) is 0 Å². The molecule has 106 valence electrons. The van der Waals surface area contributed by atoms with Crippen molar-refractivity contribution in [2.75, 3.05) is 0 Å². The first kappa shape index (κ1) is 15.2. The summed E-state index contributed by atoms with van der Waals surface area (Å²) in [7, 11) is 0. The Morgan fingerprint density at radius 2 is 1.85 bits per heavy atom. The van der Waals surface area contributed by atoms with Crippen LogP contribution in [-0.4, -0.2) is 0 Å². The summed E-state index contributed by atoms with van der Waals surface area (Å²) in [5.74, 6) is 5.43. The summed E-state index contributed by atoms with van der Waals surface area (Å²) < 4.78 is 14.1. The zero-order chi connectivity index (χ0) is 14.7. The van der Waals surface area contributed by atoms with Gasteiger partial charge in [0.05, 0.1) is 10.5 Å². The fourth-order valence-electron chi connectivity index (χ4n) is 2.41. The maximum atomic E-state index is 13.6. The van der Waals surface area contributed by atoms with E-state index in [4.69, 9.17) is 5.84 Å². The SMILES string of the molecule is Cc1cc(C)cc(C(Cc2cccc(F)c2Br)NN)c1. The molecule has 0 bridgehead atoms. The highest BCUT2D eigenvalue weighted by atomic mass is 79.9. The minimum Gasteiger partial charge on any atom is -0.271 e. The lowest BCUT2D eigenvalue weighted by Gasteiger charge is -2.18. The van der Waals surface area contributed by atoms with E-state index < -0.39 is 0 Å². The first-order valence-corrected chi connectivity index (χ1v) is 7.27. The summed E-state index contributed by atoms with van der Waals surface area (Å²) in [6.07, 6.45) is 0.623. The van der Waals surface area contributed by atoms with E-state index in [2.05, 4.69) is 53.4 Å². The molecule has 0 amide bonds. The van der Waals surface area contributed by atoms with Crippen molar-refractivity contribution in [3.63, 3.8) is 0 Å². The molecule has 2 aromatic carbocycles. The van der Waals surface area contributed by atoms with Crippen LogP contribution < -0.4 is 11.3 Å². The Balaban J connectivity index is 2.31. The Morgan fingerprint density at radius 1 is 1.20 bits per heavy atom. The van der Waals surface area contributed by atoms with Gasteiger partial charge in [-0.15, -0.1) is 0 Å². The van der Waals surface area contributed by atoms with Gasteiger partial charge in [0, 0.05) is 0 Å². The second kappa shape index (κ2) is 6.48. The smallest absolute Gasteiger partial charge is 0.137 e. The molecule has 1 atom stereocenters. The highest BCUT2D eigenvalue weighted by Crippen LogP contribution is 2.26. The standard InChI is InChI=1S/C16H18BrFN2/c1-10-6-11(2)8-13(7-10)15(20-19)9-12-4-3-5-14(18)16(12)17/h3-8,15,20H,9,19H2,1-2H3. The molecule has 20 heavy (non-hydrogen) atoms. The van der Waals surface area contributed by atoms with E-state index in [1.54, 1.807) is 6.07 Å². The van der Waals surface area contributed by atoms with Crippen LogP contribution in [0, 0.1) is 19.7 Å². The third-order valence-electron chi connectivity index (χ3n) is 3.30. The largest absolute Gasteiger partial charge is 0.271 e. The van der Waals surface area contributed by atoms with Crippen LogP contribution >= 0.6 is 15.9 Å². The van der Waals surface area contributed by atoms with E-state index in [1.807, 2.05) is 6.07 Å². The predicted octanol–water partition coefficient (Wildman–Crippen LogP) is 3.95. The van der Waals surface area contributed by atoms with Crippen molar-refractivity contribution in [2.45, 2.75) is 26.3 Å². The van der Waals surface area contributed by atoms with Gasteiger partial charge >= 0.3 is 0 Å². The van der Waals surface area contributed by atoms with E-state index in [0.29, 0.717) is 10.9 Å². The molecule has 0 saturated heterocycles. The summed E-state index contributed by atoms with van der Waals surface area (Å²) in [5.41, 5.74) is 7.22. The third-order valence-corrected chi connectivity index (χ3v) is 4.19. The summed E-state index contributed by atoms with van der Waals surface area (Å²) in [6.45, 7) is 4.12. The Kier molecular flexibility index (Phi) is 4.91. The van der Waals surface area contributed by atoms with Crippen molar-refractivity contribution >= 4 is 15.9 Å². The number of nitrogens with two attached hydrogens (primary N) is 1. The molecule has 0 saturated carbocycles. The number of aryl methyl sites for hydroxylation is 2. The van der Waals surface area contributed by atoms with E-state index in [9.17, 15) is 4.39 Å². The van der Waals surface area contributed by atoms with Crippen molar-refractivity contribution in [3.05, 3.63) is 68.9 Å². The molecule has 0 aliphatic carbocycles. The first-order valence-electron chi connectivity index (χ1n) is 6.48. The van der Waals surface area contributed by atoms with E-state index in [0.717, 1.165) is 11.1 Å². The average Bonchev–Trinajstić information content (AvgIpc) is 2.39. The summed E-state index contributed by atoms with van der Waals surface area (Å²) in [5, 5.41) is 0. The van der Waals surface area contributed by atoms with Crippen molar-refractivity contribution in [1.29, 1.82) is 0 Å². The van der Waals surface area contributed by atoms with Crippen molar-refractivity contribution in [3.8, 4) is 0 Å². The van der Waals surface area contributed by atoms with Crippen LogP contribution in [0.25, 0.3) is 0 Å². The molecule has 0 aromatic heterocycles. The van der Waals surface area contributed by atoms with Crippen molar-refractivity contribution in [1.82, 2.24) is 5.43 Å². The van der Waals surface area contributed by atoms with Crippen LogP contribution in [0.15, 0.2) is 40.9 Å². The van der Waals surface area contributed by atoms with Crippen LogP contribution in [0.1, 0.15) is 28.3 Å². The Hall–Kier alpha value is -1.23. The molecule has 0 radical (unpaired) electrons. The molecule has 0 aliphatic heterocycles. The minimum atomic E-state index is -0.251. The van der Waals surface area contributed by atoms with Gasteiger partial charge < -0.3 is 0 Å². The van der Waals surface area contributed by atoms with Crippen molar-refractivity contribution < 1.29 is 4.39 Å². The molecule has 2 nitrogen and oxygen atoms in total. The maximum Gasteiger partial charge on any atom is 0.137 e. The second-order valence-electron chi connectivity index (χ2n) is 5.06. The molecule has 0 aliphatic rings. The molecule has 2 rings (SSSR count). The van der Waals surface area contributed by atoms with Gasteiger partial charge in [-0.25, -0.2) is 4.39 Å². The normalized spacial score (nSPS) is 12.4. The zero-order valence-corrected chi connectivity index (χ0v) is 13.2. The van der Waals surface area contributed by atoms with Crippen LogP contribution in [-0.2, 0) is 6.42 Å². The number of hydrogen-bond donors (Lipinski definition) is 2. The van der Waals surface area contributed by atoms with Gasteiger partial charge in [-0.2, -0.15) is 0 Å². The Bertz CT molecular complexity index is 593. The van der Waals surface area contributed by atoms with Crippen LogP contribution in [0.4, 0.5) is 4.39 Å². The Labute approximate surface area is 127 Å².